The van der Waals surface area contributed by atoms with Crippen LogP contribution in [0.1, 0.15) is 24.8 Å². The Morgan fingerprint density at radius 3 is 2.41 bits per heavy atom. The van der Waals surface area contributed by atoms with Gasteiger partial charge in [-0.25, -0.2) is 9.59 Å². The van der Waals surface area contributed by atoms with E-state index >= 15 is 0 Å². The molecule has 0 bridgehead atoms. The fourth-order valence-corrected chi connectivity index (χ4v) is 2.70. The lowest BCUT2D eigenvalue weighted by Gasteiger charge is -2.33. The average molecular weight is 307 g/mol. The first-order valence-corrected chi connectivity index (χ1v) is 7.25. The van der Waals surface area contributed by atoms with Crippen LogP contribution in [0.3, 0.4) is 0 Å². The lowest BCUT2D eigenvalue weighted by atomic mass is 9.87. The van der Waals surface area contributed by atoms with Crippen molar-refractivity contribution in [3.63, 3.8) is 0 Å². The van der Waals surface area contributed by atoms with Gasteiger partial charge in [0.15, 0.2) is 0 Å². The smallest absolute Gasteiger partial charge is 0.407 e. The Hall–Kier alpha value is -2.28. The lowest BCUT2D eigenvalue weighted by Crippen LogP contribution is -2.51. The molecule has 0 heterocycles. The van der Waals surface area contributed by atoms with Gasteiger partial charge in [0.25, 0.3) is 0 Å². The van der Waals surface area contributed by atoms with Crippen LogP contribution < -0.4 is 16.4 Å². The highest BCUT2D eigenvalue weighted by Crippen LogP contribution is 2.18. The maximum absolute atomic E-state index is 11.8. The molecule has 0 unspecified atom stereocenters. The highest BCUT2D eigenvalue weighted by Gasteiger charge is 2.29. The van der Waals surface area contributed by atoms with E-state index in [2.05, 4.69) is 10.6 Å². The van der Waals surface area contributed by atoms with Crippen LogP contribution in [0.4, 0.5) is 9.59 Å². The molecule has 3 atom stereocenters. The number of benzene rings is 1. The van der Waals surface area contributed by atoms with E-state index in [4.69, 9.17) is 15.6 Å². The first-order valence-electron chi connectivity index (χ1n) is 7.25. The number of nitrogens with two attached hydrogens (primary N) is 1. The molecule has 1 aliphatic carbocycles. The predicted molar refractivity (Wildman–Crippen MR) is 80.3 cm³/mol. The molecule has 1 aromatic carbocycles. The number of hydrogen-bond donors (Lipinski definition) is 4. The lowest BCUT2D eigenvalue weighted by molar-refractivity contribution is 0.130. The molecule has 1 fully saturated rings. The van der Waals surface area contributed by atoms with Crippen molar-refractivity contribution in [2.24, 2.45) is 5.73 Å². The van der Waals surface area contributed by atoms with Crippen molar-refractivity contribution in [1.82, 2.24) is 10.6 Å². The quantitative estimate of drug-likeness (QED) is 0.672. The Morgan fingerprint density at radius 2 is 1.77 bits per heavy atom. The fourth-order valence-electron chi connectivity index (χ4n) is 2.70. The normalized spacial score (nSPS) is 24.3. The van der Waals surface area contributed by atoms with Gasteiger partial charge in [0.2, 0.25) is 0 Å². The van der Waals surface area contributed by atoms with E-state index in [-0.39, 0.29) is 24.7 Å². The number of alkyl carbamates (subject to hydrolysis) is 1. The van der Waals surface area contributed by atoms with Crippen molar-refractivity contribution in [1.29, 1.82) is 0 Å². The van der Waals surface area contributed by atoms with E-state index in [1.54, 1.807) is 0 Å². The maximum Gasteiger partial charge on any atom is 0.407 e. The first-order chi connectivity index (χ1) is 10.5. The predicted octanol–water partition coefficient (Wildman–Crippen LogP) is 1.43. The van der Waals surface area contributed by atoms with E-state index in [9.17, 15) is 9.59 Å². The number of ether oxygens (including phenoxy) is 1. The summed E-state index contributed by atoms with van der Waals surface area (Å²) in [6.45, 7) is 0.197. The summed E-state index contributed by atoms with van der Waals surface area (Å²) in [5, 5.41) is 13.9. The summed E-state index contributed by atoms with van der Waals surface area (Å²) in [6, 6.07) is 8.79. The van der Waals surface area contributed by atoms with Crippen molar-refractivity contribution >= 4 is 12.2 Å². The molecule has 1 aliphatic rings. The summed E-state index contributed by atoms with van der Waals surface area (Å²) in [5.74, 6) is 0. The van der Waals surface area contributed by atoms with Crippen LogP contribution in [0.5, 0.6) is 0 Å². The molecule has 0 saturated heterocycles. The molecule has 7 heteroatoms. The molecule has 1 saturated carbocycles. The summed E-state index contributed by atoms with van der Waals surface area (Å²) in [6.07, 6.45) is 0.101. The summed E-state index contributed by atoms with van der Waals surface area (Å²) in [7, 11) is 0. The van der Waals surface area contributed by atoms with E-state index in [1.165, 1.54) is 0 Å². The number of hydrogen-bond acceptors (Lipinski definition) is 4. The number of carbonyl (C=O) groups is 2. The molecule has 22 heavy (non-hydrogen) atoms. The number of nitrogens with one attached hydrogen (secondary N) is 2. The van der Waals surface area contributed by atoms with Gasteiger partial charge in [0.05, 0.1) is 0 Å². The second-order valence-corrected chi connectivity index (χ2v) is 5.52. The fraction of sp³-hybridized carbons (Fsp3) is 0.467. The standard InChI is InChI=1S/C15H21N3O4/c16-11-6-12(17-14(19)20)8-13(7-11)18-15(21)22-9-10-4-2-1-3-5-10/h1-5,11-13,17H,6-9,16H2,(H,18,21)(H,19,20)/t11-,12+,13-/m1/s1. The summed E-state index contributed by atoms with van der Waals surface area (Å²) in [4.78, 5) is 22.5. The van der Waals surface area contributed by atoms with Gasteiger partial charge in [-0.2, -0.15) is 0 Å². The average Bonchev–Trinajstić information content (AvgIpc) is 2.45. The largest absolute Gasteiger partial charge is 0.465 e. The molecule has 0 aromatic heterocycles. The zero-order valence-corrected chi connectivity index (χ0v) is 12.2. The molecule has 2 rings (SSSR count). The Balaban J connectivity index is 1.78. The molecule has 0 spiro atoms. The Labute approximate surface area is 128 Å². The van der Waals surface area contributed by atoms with Crippen LogP contribution in [-0.4, -0.2) is 35.4 Å². The summed E-state index contributed by atoms with van der Waals surface area (Å²) >= 11 is 0. The zero-order valence-electron chi connectivity index (χ0n) is 12.2. The van der Waals surface area contributed by atoms with Gasteiger partial charge < -0.3 is 26.2 Å². The van der Waals surface area contributed by atoms with Gasteiger partial charge in [0.1, 0.15) is 6.61 Å². The van der Waals surface area contributed by atoms with E-state index < -0.39 is 12.2 Å². The van der Waals surface area contributed by atoms with E-state index in [0.29, 0.717) is 19.3 Å². The second-order valence-electron chi connectivity index (χ2n) is 5.52. The molecule has 0 aliphatic heterocycles. The third kappa shape index (κ3) is 5.25. The molecule has 7 nitrogen and oxygen atoms in total. The van der Waals surface area contributed by atoms with Gasteiger partial charge in [-0.15, -0.1) is 0 Å². The van der Waals surface area contributed by atoms with Crippen molar-refractivity contribution < 1.29 is 19.4 Å². The van der Waals surface area contributed by atoms with Crippen LogP contribution >= 0.6 is 0 Å². The SMILES string of the molecule is N[C@@H]1C[C@H](NC(=O)O)C[C@H](NC(=O)OCc2ccccc2)C1. The van der Waals surface area contributed by atoms with Crippen LogP contribution in [0.2, 0.25) is 0 Å². The topological polar surface area (TPSA) is 114 Å². The van der Waals surface area contributed by atoms with Crippen molar-refractivity contribution in [3.05, 3.63) is 35.9 Å². The summed E-state index contributed by atoms with van der Waals surface area (Å²) in [5.41, 5.74) is 6.81. The number of amides is 2. The maximum atomic E-state index is 11.8. The molecule has 2 amide bonds. The minimum absolute atomic E-state index is 0.148. The first kappa shape index (κ1) is 16.1. The van der Waals surface area contributed by atoms with Gasteiger partial charge >= 0.3 is 12.2 Å². The van der Waals surface area contributed by atoms with Crippen molar-refractivity contribution in [3.8, 4) is 0 Å². The third-order valence-corrected chi connectivity index (χ3v) is 3.61. The highest BCUT2D eigenvalue weighted by atomic mass is 16.5. The number of rotatable bonds is 4. The number of carbonyl (C=O) groups excluding carboxylic acids is 1. The highest BCUT2D eigenvalue weighted by molar-refractivity contribution is 5.68. The molecule has 0 radical (unpaired) electrons. The molecule has 1 aromatic rings. The van der Waals surface area contributed by atoms with Crippen LogP contribution in [0.25, 0.3) is 0 Å². The minimum Gasteiger partial charge on any atom is -0.465 e. The van der Waals surface area contributed by atoms with Crippen LogP contribution in [0, 0.1) is 0 Å². The number of carboxylic acid groups (broad SMARTS) is 1. The van der Waals surface area contributed by atoms with Gasteiger partial charge in [0, 0.05) is 18.1 Å². The minimum atomic E-state index is -1.08. The molecular formula is C15H21N3O4. The third-order valence-electron chi connectivity index (χ3n) is 3.61. The van der Waals surface area contributed by atoms with E-state index in [0.717, 1.165) is 5.56 Å². The summed E-state index contributed by atoms with van der Waals surface area (Å²) < 4.78 is 5.15. The van der Waals surface area contributed by atoms with Crippen LogP contribution in [0.15, 0.2) is 30.3 Å². The zero-order chi connectivity index (χ0) is 15.9. The Kier molecular flexibility index (Phi) is 5.60. The molecule has 5 N–H and O–H groups in total. The second kappa shape index (κ2) is 7.65. The van der Waals surface area contributed by atoms with Crippen LogP contribution in [-0.2, 0) is 11.3 Å². The monoisotopic (exact) mass is 307 g/mol. The van der Waals surface area contributed by atoms with Gasteiger partial charge in [-0.1, -0.05) is 30.3 Å². The molecule has 120 valence electrons. The van der Waals surface area contributed by atoms with E-state index in [1.807, 2.05) is 30.3 Å². The van der Waals surface area contributed by atoms with Crippen molar-refractivity contribution in [2.45, 2.75) is 44.0 Å². The van der Waals surface area contributed by atoms with Gasteiger partial charge in [-0.05, 0) is 24.8 Å². The molecular weight excluding hydrogens is 286 g/mol. The Morgan fingerprint density at radius 1 is 1.14 bits per heavy atom. The Bertz CT molecular complexity index is 509. The van der Waals surface area contributed by atoms with Crippen molar-refractivity contribution in [2.75, 3.05) is 0 Å². The van der Waals surface area contributed by atoms with Gasteiger partial charge in [-0.3, -0.25) is 0 Å².